The quantitative estimate of drug-likeness (QED) is 0.368. The van der Waals surface area contributed by atoms with Gasteiger partial charge in [-0.1, -0.05) is 5.11 Å². The van der Waals surface area contributed by atoms with Gasteiger partial charge in [0.2, 0.25) is 0 Å². The highest BCUT2D eigenvalue weighted by Gasteiger charge is 2.32. The molecule has 0 N–H and O–H groups in total. The maximum Gasteiger partial charge on any atom is 0.414 e. The van der Waals surface area contributed by atoms with Crippen molar-refractivity contribution in [3.8, 4) is 0 Å². The molecule has 122 valence electrons. The Balaban J connectivity index is 1.69. The van der Waals surface area contributed by atoms with E-state index in [1.165, 1.54) is 4.90 Å². The van der Waals surface area contributed by atoms with E-state index >= 15 is 0 Å². The van der Waals surface area contributed by atoms with E-state index in [2.05, 4.69) is 10.0 Å². The lowest BCUT2D eigenvalue weighted by molar-refractivity contribution is 0.0497. The van der Waals surface area contributed by atoms with Gasteiger partial charge in [0, 0.05) is 22.8 Å². The second-order valence-electron chi connectivity index (χ2n) is 5.25. The van der Waals surface area contributed by atoms with Crippen LogP contribution in [-0.4, -0.2) is 51.3 Å². The summed E-state index contributed by atoms with van der Waals surface area (Å²) in [6, 6.07) is 7.02. The van der Waals surface area contributed by atoms with Crippen molar-refractivity contribution in [1.82, 2.24) is 0 Å². The van der Waals surface area contributed by atoms with Crippen molar-refractivity contribution in [1.29, 1.82) is 0 Å². The highest BCUT2D eigenvalue weighted by molar-refractivity contribution is 5.90. The first kappa shape index (κ1) is 15.4. The van der Waals surface area contributed by atoms with Crippen molar-refractivity contribution in [2.45, 2.75) is 12.4 Å². The summed E-state index contributed by atoms with van der Waals surface area (Å²) < 4.78 is 24.0. The molecule has 0 spiro atoms. The van der Waals surface area contributed by atoms with E-state index < -0.39 is 18.5 Å². The van der Waals surface area contributed by atoms with Gasteiger partial charge in [0.15, 0.2) is 6.30 Å². The first-order valence-corrected chi connectivity index (χ1v) is 7.26. The van der Waals surface area contributed by atoms with E-state index in [0.29, 0.717) is 25.4 Å². The SMILES string of the molecule is [N-]=[N+]=NC[C@H]1CN(c2ccc(N3CCOC[C@H]3F)cc2)C(=O)O1. The fourth-order valence-electron chi connectivity index (χ4n) is 2.64. The van der Waals surface area contributed by atoms with E-state index in [1.807, 2.05) is 0 Å². The smallest absolute Gasteiger partial charge is 0.414 e. The Kier molecular flexibility index (Phi) is 4.50. The number of hydrogen-bond acceptors (Lipinski definition) is 5. The molecule has 0 bridgehead atoms. The Hall–Kier alpha value is -2.51. The van der Waals surface area contributed by atoms with Gasteiger partial charge in [-0.05, 0) is 29.8 Å². The van der Waals surface area contributed by atoms with Gasteiger partial charge in [-0.15, -0.1) is 0 Å². The molecule has 23 heavy (non-hydrogen) atoms. The van der Waals surface area contributed by atoms with Crippen LogP contribution < -0.4 is 9.80 Å². The molecule has 2 aliphatic rings. The fourth-order valence-corrected chi connectivity index (χ4v) is 2.64. The van der Waals surface area contributed by atoms with Crippen LogP contribution in [-0.2, 0) is 9.47 Å². The summed E-state index contributed by atoms with van der Waals surface area (Å²) in [7, 11) is 0. The van der Waals surface area contributed by atoms with Crippen molar-refractivity contribution in [3.05, 3.63) is 34.7 Å². The van der Waals surface area contributed by atoms with E-state index in [1.54, 1.807) is 29.2 Å². The number of carbonyl (C=O) groups is 1. The maximum atomic E-state index is 13.8. The van der Waals surface area contributed by atoms with Crippen molar-refractivity contribution >= 4 is 17.5 Å². The summed E-state index contributed by atoms with van der Waals surface area (Å²) in [5.41, 5.74) is 9.71. The largest absolute Gasteiger partial charge is 0.444 e. The molecule has 9 heteroatoms. The van der Waals surface area contributed by atoms with Gasteiger partial charge in [0.1, 0.15) is 6.10 Å². The van der Waals surface area contributed by atoms with Gasteiger partial charge in [0.05, 0.1) is 26.3 Å². The van der Waals surface area contributed by atoms with Crippen molar-refractivity contribution in [2.24, 2.45) is 5.11 Å². The predicted octanol–water partition coefficient (Wildman–Crippen LogP) is 2.45. The van der Waals surface area contributed by atoms with Crippen LogP contribution in [0.15, 0.2) is 29.4 Å². The molecule has 2 fully saturated rings. The summed E-state index contributed by atoms with van der Waals surface area (Å²) in [4.78, 5) is 17.6. The number of carbonyl (C=O) groups excluding carboxylic acids is 1. The Morgan fingerprint density at radius 2 is 2.09 bits per heavy atom. The molecule has 8 nitrogen and oxygen atoms in total. The topological polar surface area (TPSA) is 90.8 Å². The molecule has 0 saturated carbocycles. The lowest BCUT2D eigenvalue weighted by atomic mass is 10.2. The summed E-state index contributed by atoms with van der Waals surface area (Å²) in [6.45, 7) is 1.46. The normalized spacial score (nSPS) is 24.3. The van der Waals surface area contributed by atoms with Crippen LogP contribution in [0.2, 0.25) is 0 Å². The number of hydrogen-bond donors (Lipinski definition) is 0. The van der Waals surface area contributed by atoms with Crippen molar-refractivity contribution < 1.29 is 18.7 Å². The molecule has 2 atom stereocenters. The first-order chi connectivity index (χ1) is 11.2. The van der Waals surface area contributed by atoms with Crippen LogP contribution in [0, 0.1) is 0 Å². The number of alkyl halides is 1. The highest BCUT2D eigenvalue weighted by atomic mass is 19.1. The van der Waals surface area contributed by atoms with Gasteiger partial charge in [0.25, 0.3) is 0 Å². The highest BCUT2D eigenvalue weighted by Crippen LogP contribution is 2.27. The first-order valence-electron chi connectivity index (χ1n) is 7.26. The van der Waals surface area contributed by atoms with Gasteiger partial charge in [-0.3, -0.25) is 4.90 Å². The standard InChI is InChI=1S/C14H16FN5O3/c15-13-9-22-6-5-19(13)10-1-3-11(4-2-10)20-8-12(7-17-18-16)23-14(20)21/h1-4,12-13H,5-9H2/t12-,13-/m0/s1. The van der Waals surface area contributed by atoms with Crippen LogP contribution in [0.3, 0.4) is 0 Å². The number of rotatable bonds is 4. The summed E-state index contributed by atoms with van der Waals surface area (Å²) >= 11 is 0. The van der Waals surface area contributed by atoms with E-state index in [0.717, 1.165) is 5.69 Å². The molecular weight excluding hydrogens is 305 g/mol. The van der Waals surface area contributed by atoms with E-state index in [9.17, 15) is 9.18 Å². The number of azide groups is 1. The molecule has 1 amide bonds. The lowest BCUT2D eigenvalue weighted by Gasteiger charge is -2.32. The summed E-state index contributed by atoms with van der Waals surface area (Å²) in [5, 5.41) is 3.42. The monoisotopic (exact) mass is 321 g/mol. The zero-order valence-corrected chi connectivity index (χ0v) is 12.3. The van der Waals surface area contributed by atoms with Crippen LogP contribution in [0.25, 0.3) is 10.4 Å². The minimum atomic E-state index is -1.17. The van der Waals surface area contributed by atoms with Gasteiger partial charge >= 0.3 is 6.09 Å². The number of nitrogens with zero attached hydrogens (tertiary/aromatic N) is 5. The van der Waals surface area contributed by atoms with Crippen LogP contribution >= 0.6 is 0 Å². The molecule has 3 rings (SSSR count). The number of morpholine rings is 1. The van der Waals surface area contributed by atoms with Gasteiger partial charge in [-0.2, -0.15) is 0 Å². The zero-order valence-electron chi connectivity index (χ0n) is 12.3. The Morgan fingerprint density at radius 1 is 1.35 bits per heavy atom. The number of amides is 1. The van der Waals surface area contributed by atoms with Crippen molar-refractivity contribution in [3.63, 3.8) is 0 Å². The summed E-state index contributed by atoms with van der Waals surface area (Å²) in [6.07, 6.45) is -2.10. The van der Waals surface area contributed by atoms with Crippen LogP contribution in [0.1, 0.15) is 0 Å². The number of anilines is 2. The van der Waals surface area contributed by atoms with Crippen molar-refractivity contribution in [2.75, 3.05) is 42.6 Å². The minimum Gasteiger partial charge on any atom is -0.444 e. The van der Waals surface area contributed by atoms with E-state index in [-0.39, 0.29) is 13.2 Å². The van der Waals surface area contributed by atoms with Crippen LogP contribution in [0.5, 0.6) is 0 Å². The number of halogens is 1. The Bertz CT molecular complexity index is 619. The second-order valence-corrected chi connectivity index (χ2v) is 5.25. The molecule has 0 aliphatic carbocycles. The fraction of sp³-hybridized carbons (Fsp3) is 0.500. The average molecular weight is 321 g/mol. The lowest BCUT2D eigenvalue weighted by Crippen LogP contribution is -2.42. The minimum absolute atomic E-state index is 0.0568. The summed E-state index contributed by atoms with van der Waals surface area (Å²) in [5.74, 6) is 0. The molecular formula is C14H16FN5O3. The molecule has 0 radical (unpaired) electrons. The Labute approximate surface area is 132 Å². The maximum absolute atomic E-state index is 13.8. The molecule has 0 unspecified atom stereocenters. The number of ether oxygens (including phenoxy) is 2. The zero-order chi connectivity index (χ0) is 16.2. The second kappa shape index (κ2) is 6.72. The van der Waals surface area contributed by atoms with E-state index in [4.69, 9.17) is 15.0 Å². The number of benzene rings is 1. The number of cyclic esters (lactones) is 1. The third kappa shape index (κ3) is 3.30. The van der Waals surface area contributed by atoms with Crippen LogP contribution in [0.4, 0.5) is 20.6 Å². The average Bonchev–Trinajstić information content (AvgIpc) is 2.94. The Morgan fingerprint density at radius 3 is 2.78 bits per heavy atom. The van der Waals surface area contributed by atoms with Gasteiger partial charge in [-0.25, -0.2) is 9.18 Å². The third-order valence-corrected chi connectivity index (χ3v) is 3.79. The molecule has 1 aromatic carbocycles. The van der Waals surface area contributed by atoms with Gasteiger partial charge < -0.3 is 14.4 Å². The molecule has 2 heterocycles. The molecule has 1 aromatic rings. The molecule has 2 saturated heterocycles. The third-order valence-electron chi connectivity index (χ3n) is 3.79. The molecule has 0 aromatic heterocycles. The predicted molar refractivity (Wildman–Crippen MR) is 81.1 cm³/mol. The molecule has 2 aliphatic heterocycles.